The van der Waals surface area contributed by atoms with Crippen molar-refractivity contribution in [2.75, 3.05) is 32.7 Å². The van der Waals surface area contributed by atoms with Crippen LogP contribution in [-0.4, -0.2) is 55.1 Å². The van der Waals surface area contributed by atoms with Gasteiger partial charge in [-0.15, -0.1) is 0 Å². The van der Waals surface area contributed by atoms with Crippen LogP contribution in [0.5, 0.6) is 0 Å². The Morgan fingerprint density at radius 1 is 1.27 bits per heavy atom. The summed E-state index contributed by atoms with van der Waals surface area (Å²) < 4.78 is 31.6. The van der Waals surface area contributed by atoms with Gasteiger partial charge >= 0.3 is 10.4 Å². The third-order valence-corrected chi connectivity index (χ3v) is 2.04. The average molecular weight is 240 g/mol. The minimum Gasteiger partial charge on any atom is -0.314 e. The van der Waals surface area contributed by atoms with Gasteiger partial charge in [0.15, 0.2) is 0 Å². The highest BCUT2D eigenvalue weighted by molar-refractivity contribution is 7.79. The van der Waals surface area contributed by atoms with Gasteiger partial charge in [-0.05, 0) is 13.0 Å². The number of nitrogens with zero attached hydrogens (tertiary/aromatic N) is 1. The van der Waals surface area contributed by atoms with Crippen molar-refractivity contribution >= 4 is 10.4 Å². The summed E-state index contributed by atoms with van der Waals surface area (Å²) >= 11 is 0. The van der Waals surface area contributed by atoms with E-state index in [-0.39, 0.29) is 0 Å². The van der Waals surface area contributed by atoms with Gasteiger partial charge in [0.25, 0.3) is 0 Å². The van der Waals surface area contributed by atoms with Gasteiger partial charge in [0, 0.05) is 26.2 Å². The summed E-state index contributed by atoms with van der Waals surface area (Å²) in [7, 11) is -4.67. The molecule has 0 aliphatic carbocycles. The molecule has 0 unspecified atom stereocenters. The van der Waals surface area contributed by atoms with E-state index in [0.717, 1.165) is 0 Å². The third kappa shape index (κ3) is 13.8. The lowest BCUT2D eigenvalue weighted by Gasteiger charge is -2.26. The summed E-state index contributed by atoms with van der Waals surface area (Å²) in [6.45, 7) is 8.42. The van der Waals surface area contributed by atoms with Crippen LogP contribution in [0.4, 0.5) is 0 Å². The minimum atomic E-state index is -4.67. The van der Waals surface area contributed by atoms with E-state index in [2.05, 4.69) is 17.1 Å². The van der Waals surface area contributed by atoms with Gasteiger partial charge in [-0.25, -0.2) is 0 Å². The Bertz CT molecular complexity index is 229. The fourth-order valence-corrected chi connectivity index (χ4v) is 1.32. The topological polar surface area (TPSA) is 89.9 Å². The molecule has 0 atom stereocenters. The minimum absolute atomic E-state index is 1.18. The monoisotopic (exact) mass is 240 g/mol. The normalized spacial score (nSPS) is 18.1. The van der Waals surface area contributed by atoms with Crippen LogP contribution in [0.25, 0.3) is 0 Å². The molecule has 1 aliphatic rings. The highest BCUT2D eigenvalue weighted by Crippen LogP contribution is 1.95. The van der Waals surface area contributed by atoms with Crippen molar-refractivity contribution < 1.29 is 17.5 Å². The maximum atomic E-state index is 8.74. The van der Waals surface area contributed by atoms with Crippen molar-refractivity contribution in [1.82, 2.24) is 10.2 Å². The first-order valence-electron chi connectivity index (χ1n) is 5.06. The standard InChI is InChI=1S/C8H18N2.H2O4S/c1-2-3-6-10-7-4-9-5-8-10;1-5(2,3)4/h9H,2-8H2,1H3;(H2,1,2,3,4). The van der Waals surface area contributed by atoms with E-state index in [0.29, 0.717) is 0 Å². The molecular formula is C8H20N2O4S. The highest BCUT2D eigenvalue weighted by atomic mass is 32.3. The molecule has 0 saturated carbocycles. The number of nitrogens with one attached hydrogen (secondary N) is 1. The van der Waals surface area contributed by atoms with Gasteiger partial charge in [0.1, 0.15) is 0 Å². The first-order chi connectivity index (χ1) is 6.93. The van der Waals surface area contributed by atoms with Gasteiger partial charge in [-0.2, -0.15) is 8.42 Å². The maximum Gasteiger partial charge on any atom is 0.394 e. The molecule has 3 N–H and O–H groups in total. The molecule has 1 fully saturated rings. The Hall–Kier alpha value is -0.210. The first-order valence-corrected chi connectivity index (χ1v) is 6.46. The summed E-state index contributed by atoms with van der Waals surface area (Å²) in [6, 6.07) is 0. The zero-order valence-electron chi connectivity index (χ0n) is 9.02. The largest absolute Gasteiger partial charge is 0.394 e. The van der Waals surface area contributed by atoms with Crippen LogP contribution in [0.1, 0.15) is 19.8 Å². The van der Waals surface area contributed by atoms with Gasteiger partial charge in [0.05, 0.1) is 0 Å². The van der Waals surface area contributed by atoms with Crippen LogP contribution in [0.2, 0.25) is 0 Å². The summed E-state index contributed by atoms with van der Waals surface area (Å²) in [4.78, 5) is 2.54. The van der Waals surface area contributed by atoms with Crippen LogP contribution < -0.4 is 5.32 Å². The molecule has 0 radical (unpaired) electrons. The second kappa shape index (κ2) is 8.00. The van der Waals surface area contributed by atoms with Gasteiger partial charge < -0.3 is 10.2 Å². The number of hydrogen-bond acceptors (Lipinski definition) is 4. The molecule has 7 heteroatoms. The van der Waals surface area contributed by atoms with Crippen LogP contribution in [0, 0.1) is 0 Å². The molecule has 0 spiro atoms. The molecule has 0 aromatic carbocycles. The van der Waals surface area contributed by atoms with Crippen LogP contribution >= 0.6 is 0 Å². The lowest BCUT2D eigenvalue weighted by atomic mass is 10.3. The van der Waals surface area contributed by atoms with E-state index < -0.39 is 10.4 Å². The van der Waals surface area contributed by atoms with Gasteiger partial charge in [-0.1, -0.05) is 13.3 Å². The van der Waals surface area contributed by atoms with Crippen molar-refractivity contribution in [3.05, 3.63) is 0 Å². The van der Waals surface area contributed by atoms with Gasteiger partial charge in [0.2, 0.25) is 0 Å². The quantitative estimate of drug-likeness (QED) is 0.603. The number of rotatable bonds is 3. The number of hydrogen-bond donors (Lipinski definition) is 3. The molecule has 0 aromatic heterocycles. The van der Waals surface area contributed by atoms with Crippen molar-refractivity contribution in [3.63, 3.8) is 0 Å². The fraction of sp³-hybridized carbons (Fsp3) is 1.00. The first kappa shape index (κ1) is 14.8. The molecule has 15 heavy (non-hydrogen) atoms. The molecule has 0 bridgehead atoms. The van der Waals surface area contributed by atoms with Crippen molar-refractivity contribution in [2.24, 2.45) is 0 Å². The Balaban J connectivity index is 0.000000336. The van der Waals surface area contributed by atoms with Crippen LogP contribution in [-0.2, 0) is 10.4 Å². The molecule has 6 nitrogen and oxygen atoms in total. The molecule has 1 saturated heterocycles. The number of piperazine rings is 1. The lowest BCUT2D eigenvalue weighted by molar-refractivity contribution is 0.238. The van der Waals surface area contributed by atoms with E-state index in [1.165, 1.54) is 45.6 Å². The summed E-state index contributed by atoms with van der Waals surface area (Å²) in [5, 5.41) is 3.35. The highest BCUT2D eigenvalue weighted by Gasteiger charge is 2.06. The van der Waals surface area contributed by atoms with E-state index in [9.17, 15) is 0 Å². The number of unbranched alkanes of at least 4 members (excludes halogenated alkanes) is 1. The predicted molar refractivity (Wildman–Crippen MR) is 58.4 cm³/mol. The molecule has 1 heterocycles. The van der Waals surface area contributed by atoms with E-state index >= 15 is 0 Å². The lowest BCUT2D eigenvalue weighted by Crippen LogP contribution is -2.43. The summed E-state index contributed by atoms with van der Waals surface area (Å²) in [5.74, 6) is 0. The van der Waals surface area contributed by atoms with Crippen molar-refractivity contribution in [1.29, 1.82) is 0 Å². The van der Waals surface area contributed by atoms with Crippen molar-refractivity contribution in [3.8, 4) is 0 Å². The SMILES string of the molecule is CCCCN1CCNCC1.O=S(=O)(O)O. The average Bonchev–Trinajstić information content (AvgIpc) is 2.14. The molecule has 92 valence electrons. The molecule has 1 aliphatic heterocycles. The van der Waals surface area contributed by atoms with Crippen LogP contribution in [0.3, 0.4) is 0 Å². The molecule has 1 rings (SSSR count). The van der Waals surface area contributed by atoms with E-state index in [4.69, 9.17) is 17.5 Å². The molecular weight excluding hydrogens is 220 g/mol. The van der Waals surface area contributed by atoms with E-state index in [1.54, 1.807) is 0 Å². The third-order valence-electron chi connectivity index (χ3n) is 2.04. The fourth-order valence-electron chi connectivity index (χ4n) is 1.32. The van der Waals surface area contributed by atoms with Crippen molar-refractivity contribution in [2.45, 2.75) is 19.8 Å². The van der Waals surface area contributed by atoms with Crippen LogP contribution in [0.15, 0.2) is 0 Å². The Kier molecular flexibility index (Phi) is 7.89. The Morgan fingerprint density at radius 3 is 2.13 bits per heavy atom. The Morgan fingerprint density at radius 2 is 1.73 bits per heavy atom. The second-order valence-corrected chi connectivity index (χ2v) is 4.29. The zero-order valence-corrected chi connectivity index (χ0v) is 9.83. The zero-order chi connectivity index (χ0) is 11.7. The second-order valence-electron chi connectivity index (χ2n) is 3.39. The molecule has 0 aromatic rings. The predicted octanol–water partition coefficient (Wildman–Crippen LogP) is 0.0389. The van der Waals surface area contributed by atoms with Gasteiger partial charge in [-0.3, -0.25) is 9.11 Å². The Labute approximate surface area is 91.2 Å². The smallest absolute Gasteiger partial charge is 0.314 e. The summed E-state index contributed by atoms with van der Waals surface area (Å²) in [5.41, 5.74) is 0. The molecule has 0 amide bonds. The van der Waals surface area contributed by atoms with E-state index in [1.807, 2.05) is 0 Å². The maximum absolute atomic E-state index is 8.74. The summed E-state index contributed by atoms with van der Waals surface area (Å²) in [6.07, 6.45) is 2.68.